The number of aromatic nitrogens is 1. The van der Waals surface area contributed by atoms with Crippen molar-refractivity contribution in [2.45, 2.75) is 0 Å². The van der Waals surface area contributed by atoms with Crippen LogP contribution in [-0.4, -0.2) is 27.1 Å². The van der Waals surface area contributed by atoms with Gasteiger partial charge in [-0.15, -0.1) is 0 Å². The van der Waals surface area contributed by atoms with Crippen molar-refractivity contribution < 1.29 is 19.8 Å². The minimum absolute atomic E-state index is 0.0695. The lowest BCUT2D eigenvalue weighted by molar-refractivity contribution is 0.0691. The van der Waals surface area contributed by atoms with Crippen LogP contribution >= 0.6 is 15.9 Å². The second-order valence-corrected chi connectivity index (χ2v) is 4.24. The summed E-state index contributed by atoms with van der Waals surface area (Å²) in [6, 6.07) is 5.90. The molecule has 17 heavy (non-hydrogen) atoms. The van der Waals surface area contributed by atoms with Gasteiger partial charge in [-0.3, -0.25) is 0 Å². The largest absolute Gasteiger partial charge is 0.478 e. The quantitative estimate of drug-likeness (QED) is 0.888. The highest BCUT2D eigenvalue weighted by molar-refractivity contribution is 9.10. The second kappa shape index (κ2) is 4.14. The van der Waals surface area contributed by atoms with Gasteiger partial charge in [-0.05, 0) is 18.2 Å². The number of nitrogens with zero attached hydrogens (tertiary/aromatic N) is 1. The summed E-state index contributed by atoms with van der Waals surface area (Å²) in [6.45, 7) is 0. The minimum atomic E-state index is -1.26. The predicted molar refractivity (Wildman–Crippen MR) is 63.4 cm³/mol. The summed E-state index contributed by atoms with van der Waals surface area (Å²) in [4.78, 5) is 25.8. The third kappa shape index (κ3) is 2.12. The van der Waals surface area contributed by atoms with E-state index in [2.05, 4.69) is 20.9 Å². The molecular formula is C11H6BrNO4. The normalized spacial score (nSPS) is 10.4. The van der Waals surface area contributed by atoms with Gasteiger partial charge in [-0.2, -0.15) is 0 Å². The summed E-state index contributed by atoms with van der Waals surface area (Å²) in [6.07, 6.45) is 0. The zero-order valence-corrected chi connectivity index (χ0v) is 9.93. The fraction of sp³-hybridized carbons (Fsp3) is 0. The van der Waals surface area contributed by atoms with Crippen LogP contribution in [0.15, 0.2) is 28.7 Å². The minimum Gasteiger partial charge on any atom is -0.478 e. The third-order valence-electron chi connectivity index (χ3n) is 2.22. The zero-order valence-electron chi connectivity index (χ0n) is 8.35. The Morgan fingerprint density at radius 3 is 2.41 bits per heavy atom. The van der Waals surface area contributed by atoms with E-state index >= 15 is 0 Å². The van der Waals surface area contributed by atoms with Crippen LogP contribution in [0.1, 0.15) is 20.8 Å². The Labute approximate surface area is 104 Å². The molecule has 0 amide bonds. The molecule has 0 saturated heterocycles. The Kier molecular flexibility index (Phi) is 2.81. The maximum atomic E-state index is 11.0. The Balaban J connectivity index is 2.85. The third-order valence-corrected chi connectivity index (χ3v) is 2.71. The maximum Gasteiger partial charge on any atom is 0.354 e. The van der Waals surface area contributed by atoms with Crippen molar-refractivity contribution in [2.75, 3.05) is 0 Å². The summed E-state index contributed by atoms with van der Waals surface area (Å²) < 4.78 is 0.705. The molecule has 0 aliphatic heterocycles. The van der Waals surface area contributed by atoms with Gasteiger partial charge in [0.25, 0.3) is 0 Å². The number of hydrogen-bond acceptors (Lipinski definition) is 3. The van der Waals surface area contributed by atoms with Crippen molar-refractivity contribution in [2.24, 2.45) is 0 Å². The van der Waals surface area contributed by atoms with Crippen LogP contribution in [0.4, 0.5) is 0 Å². The van der Waals surface area contributed by atoms with Gasteiger partial charge in [-0.25, -0.2) is 14.6 Å². The van der Waals surface area contributed by atoms with Crippen molar-refractivity contribution in [1.82, 2.24) is 4.98 Å². The highest BCUT2D eigenvalue weighted by atomic mass is 79.9. The van der Waals surface area contributed by atoms with Crippen molar-refractivity contribution in [1.29, 1.82) is 0 Å². The van der Waals surface area contributed by atoms with Crippen molar-refractivity contribution in [3.05, 3.63) is 40.0 Å². The molecule has 5 nitrogen and oxygen atoms in total. The fourth-order valence-electron chi connectivity index (χ4n) is 1.49. The van der Waals surface area contributed by atoms with Crippen LogP contribution in [0, 0.1) is 0 Å². The van der Waals surface area contributed by atoms with Gasteiger partial charge >= 0.3 is 11.9 Å². The Morgan fingerprint density at radius 1 is 1.12 bits per heavy atom. The van der Waals surface area contributed by atoms with Crippen molar-refractivity contribution in [3.63, 3.8) is 0 Å². The van der Waals surface area contributed by atoms with E-state index in [1.54, 1.807) is 18.2 Å². The molecule has 1 heterocycles. The van der Waals surface area contributed by atoms with Crippen LogP contribution in [0.5, 0.6) is 0 Å². The monoisotopic (exact) mass is 295 g/mol. The highest BCUT2D eigenvalue weighted by Gasteiger charge is 2.15. The molecule has 2 N–H and O–H groups in total. The van der Waals surface area contributed by atoms with Gasteiger partial charge in [0, 0.05) is 9.86 Å². The molecule has 0 fully saturated rings. The molecule has 1 aromatic carbocycles. The average molecular weight is 296 g/mol. The van der Waals surface area contributed by atoms with E-state index in [1.807, 2.05) is 0 Å². The van der Waals surface area contributed by atoms with Gasteiger partial charge in [0.15, 0.2) is 0 Å². The molecule has 0 spiro atoms. The van der Waals surface area contributed by atoms with Gasteiger partial charge in [0.05, 0.1) is 11.1 Å². The molecule has 0 bridgehead atoms. The summed E-state index contributed by atoms with van der Waals surface area (Å²) in [7, 11) is 0. The fourth-order valence-corrected chi connectivity index (χ4v) is 1.84. The average Bonchev–Trinajstić information content (AvgIpc) is 2.26. The summed E-state index contributed by atoms with van der Waals surface area (Å²) >= 11 is 3.22. The molecule has 0 saturated carbocycles. The van der Waals surface area contributed by atoms with Gasteiger partial charge < -0.3 is 10.2 Å². The number of rotatable bonds is 2. The molecule has 0 aliphatic rings. The van der Waals surface area contributed by atoms with Gasteiger partial charge in [-0.1, -0.05) is 22.0 Å². The standard InChI is InChI=1S/C11H6BrNO4/c12-5-1-2-6-7(10(14)15)4-9(11(16)17)13-8(6)3-5/h1-4H,(H,14,15)(H,16,17). The molecule has 1 aromatic heterocycles. The molecule has 0 atom stereocenters. The molecule has 2 rings (SSSR count). The van der Waals surface area contributed by atoms with E-state index in [1.165, 1.54) is 0 Å². The maximum absolute atomic E-state index is 11.0. The number of aromatic carboxylic acids is 2. The van der Waals surface area contributed by atoms with Crippen molar-refractivity contribution >= 4 is 38.8 Å². The molecule has 0 unspecified atom stereocenters. The first-order valence-electron chi connectivity index (χ1n) is 4.56. The second-order valence-electron chi connectivity index (χ2n) is 3.33. The van der Waals surface area contributed by atoms with Crippen molar-refractivity contribution in [3.8, 4) is 0 Å². The van der Waals surface area contributed by atoms with E-state index < -0.39 is 11.9 Å². The van der Waals surface area contributed by atoms with E-state index in [-0.39, 0.29) is 11.3 Å². The smallest absolute Gasteiger partial charge is 0.354 e. The van der Waals surface area contributed by atoms with Crippen LogP contribution < -0.4 is 0 Å². The first kappa shape index (κ1) is 11.5. The number of fused-ring (bicyclic) bond motifs is 1. The SMILES string of the molecule is O=C(O)c1cc(C(=O)O)c2ccc(Br)cc2n1. The van der Waals surface area contributed by atoms with Crippen LogP contribution in [0.3, 0.4) is 0 Å². The Hall–Kier alpha value is -1.95. The molecule has 0 aliphatic carbocycles. The zero-order chi connectivity index (χ0) is 12.6. The number of carboxylic acids is 2. The van der Waals surface area contributed by atoms with Gasteiger partial charge in [0.2, 0.25) is 0 Å². The number of halogens is 1. The molecule has 2 aromatic rings. The van der Waals surface area contributed by atoms with Crippen LogP contribution in [-0.2, 0) is 0 Å². The summed E-state index contributed by atoms with van der Waals surface area (Å²) in [5, 5.41) is 18.3. The summed E-state index contributed by atoms with van der Waals surface area (Å²) in [5.74, 6) is -2.43. The van der Waals surface area contributed by atoms with E-state index in [4.69, 9.17) is 10.2 Å². The number of carboxylic acid groups (broad SMARTS) is 2. The Bertz CT molecular complexity index is 639. The number of carbonyl (C=O) groups is 2. The molecule has 6 heteroatoms. The lowest BCUT2D eigenvalue weighted by atomic mass is 10.1. The van der Waals surface area contributed by atoms with Crippen LogP contribution in [0.25, 0.3) is 10.9 Å². The molecule has 86 valence electrons. The van der Waals surface area contributed by atoms with E-state index in [0.717, 1.165) is 6.07 Å². The predicted octanol–water partition coefficient (Wildman–Crippen LogP) is 2.39. The Morgan fingerprint density at radius 2 is 1.82 bits per heavy atom. The van der Waals surface area contributed by atoms with Gasteiger partial charge in [0.1, 0.15) is 5.69 Å². The van der Waals surface area contributed by atoms with E-state index in [0.29, 0.717) is 15.4 Å². The lowest BCUT2D eigenvalue weighted by Gasteiger charge is -2.04. The highest BCUT2D eigenvalue weighted by Crippen LogP contribution is 2.22. The first-order valence-corrected chi connectivity index (χ1v) is 5.35. The number of pyridine rings is 1. The topological polar surface area (TPSA) is 87.5 Å². The number of hydrogen-bond donors (Lipinski definition) is 2. The lowest BCUT2D eigenvalue weighted by Crippen LogP contribution is -2.06. The first-order chi connectivity index (χ1) is 7.99. The molecule has 0 radical (unpaired) electrons. The summed E-state index contributed by atoms with van der Waals surface area (Å²) in [5.41, 5.74) is -0.0235. The van der Waals surface area contributed by atoms with Crippen LogP contribution in [0.2, 0.25) is 0 Å². The van der Waals surface area contributed by atoms with E-state index in [9.17, 15) is 9.59 Å². The molecular weight excluding hydrogens is 290 g/mol. The number of benzene rings is 1.